The quantitative estimate of drug-likeness (QED) is 0.560. The summed E-state index contributed by atoms with van der Waals surface area (Å²) in [7, 11) is -0.531. The minimum atomic E-state index is -0.531. The van der Waals surface area contributed by atoms with Crippen molar-refractivity contribution in [2.24, 2.45) is 0 Å². The molecule has 1 heterocycles. The molecule has 0 saturated carbocycles. The predicted molar refractivity (Wildman–Crippen MR) is 55.6 cm³/mol. The lowest BCUT2D eigenvalue weighted by Gasteiger charge is -2.08. The summed E-state index contributed by atoms with van der Waals surface area (Å²) in [6, 6.07) is 0. The third kappa shape index (κ3) is 3.06. The smallest absolute Gasteiger partial charge is 0.207 e. The predicted octanol–water partition coefficient (Wildman–Crippen LogP) is 0.199. The Kier molecular flexibility index (Phi) is 3.31. The van der Waals surface area contributed by atoms with Gasteiger partial charge in [0.25, 0.3) is 0 Å². The van der Waals surface area contributed by atoms with E-state index in [2.05, 4.69) is 21.4 Å². The van der Waals surface area contributed by atoms with E-state index in [1.165, 1.54) is 11.3 Å². The lowest BCUT2D eigenvalue weighted by molar-refractivity contribution is -0.118. The van der Waals surface area contributed by atoms with E-state index in [0.717, 1.165) is 5.69 Å². The van der Waals surface area contributed by atoms with Crippen LogP contribution in [0, 0.1) is 0 Å². The molecule has 0 radical (unpaired) electrons. The molecule has 0 aliphatic carbocycles. The Hall–Kier alpha value is -0.810. The molecule has 1 aromatic heterocycles. The highest BCUT2D eigenvalue weighted by Crippen LogP contribution is 2.00. The minimum absolute atomic E-state index is 0.0748. The van der Waals surface area contributed by atoms with Gasteiger partial charge in [-0.25, -0.2) is 16.7 Å². The Bertz CT molecular complexity index is 319. The molecule has 66 valence electrons. The van der Waals surface area contributed by atoms with Gasteiger partial charge in [0.15, 0.2) is 0 Å². The summed E-state index contributed by atoms with van der Waals surface area (Å²) in [5.74, 6) is 7.07. The first-order valence-corrected chi connectivity index (χ1v) is 5.69. The molecule has 0 atom stereocenters. The molecule has 5 heteroatoms. The summed E-state index contributed by atoms with van der Waals surface area (Å²) < 4.78 is 2.61. The topological polar surface area (TPSA) is 42.0 Å². The van der Waals surface area contributed by atoms with Crippen molar-refractivity contribution in [2.75, 3.05) is 0 Å². The molecular weight excluding hydrogens is 192 g/mol. The van der Waals surface area contributed by atoms with Crippen LogP contribution in [0.4, 0.5) is 0 Å². The van der Waals surface area contributed by atoms with E-state index in [4.69, 9.17) is 0 Å². The van der Waals surface area contributed by atoms with E-state index in [0.29, 0.717) is 6.42 Å². The average Bonchev–Trinajstić information content (AvgIpc) is 2.37. The SMILES string of the molecule is C=[S-](=C)NC(=O)Cc1cscn1. The molecule has 0 saturated heterocycles. The van der Waals surface area contributed by atoms with Crippen LogP contribution in [-0.2, 0) is 21.5 Å². The lowest BCUT2D eigenvalue weighted by atomic mass is 10.3. The number of rotatable bonds is 3. The van der Waals surface area contributed by atoms with Gasteiger partial charge in [-0.2, -0.15) is 0 Å². The molecule has 1 aromatic rings. The maximum absolute atomic E-state index is 11.1. The second-order valence-corrected chi connectivity index (χ2v) is 4.08. The molecule has 1 amide bonds. The van der Waals surface area contributed by atoms with Crippen molar-refractivity contribution >= 4 is 39.2 Å². The molecular formula is C7H9N2OS2-. The Morgan fingerprint density at radius 2 is 2.50 bits per heavy atom. The minimum Gasteiger partial charge on any atom is -0.450 e. The van der Waals surface area contributed by atoms with Gasteiger partial charge in [-0.3, -0.25) is 4.79 Å². The first-order valence-electron chi connectivity index (χ1n) is 3.18. The zero-order valence-corrected chi connectivity index (χ0v) is 8.08. The molecule has 0 fully saturated rings. The van der Waals surface area contributed by atoms with Crippen molar-refractivity contribution in [3.63, 3.8) is 0 Å². The number of hydrogen-bond acceptors (Lipinski definition) is 4. The third-order valence-electron chi connectivity index (χ3n) is 1.08. The van der Waals surface area contributed by atoms with Crippen LogP contribution >= 0.6 is 11.3 Å². The monoisotopic (exact) mass is 201 g/mol. The summed E-state index contributed by atoms with van der Waals surface area (Å²) in [5, 5.41) is 1.85. The molecule has 0 aliphatic rings. The van der Waals surface area contributed by atoms with E-state index in [-0.39, 0.29) is 5.91 Å². The van der Waals surface area contributed by atoms with Crippen LogP contribution < -0.4 is 4.72 Å². The molecule has 1 rings (SSSR count). The fourth-order valence-corrected chi connectivity index (χ4v) is 1.64. The van der Waals surface area contributed by atoms with Gasteiger partial charge >= 0.3 is 0 Å². The number of carbonyl (C=O) groups excluding carboxylic acids is 1. The number of nitrogens with one attached hydrogen (secondary N) is 1. The number of carbonyl (C=O) groups is 1. The van der Waals surface area contributed by atoms with Gasteiger partial charge in [-0.05, 0) is 0 Å². The van der Waals surface area contributed by atoms with Gasteiger partial charge in [0, 0.05) is 5.38 Å². The summed E-state index contributed by atoms with van der Waals surface area (Å²) in [6.07, 6.45) is 0.317. The second kappa shape index (κ2) is 4.27. The Balaban J connectivity index is 2.48. The summed E-state index contributed by atoms with van der Waals surface area (Å²) in [6.45, 7) is 0. The van der Waals surface area contributed by atoms with Gasteiger partial charge < -0.3 is 15.0 Å². The first kappa shape index (κ1) is 9.28. The van der Waals surface area contributed by atoms with Crippen LogP contribution in [0.15, 0.2) is 10.9 Å². The molecule has 1 N–H and O–H groups in total. The van der Waals surface area contributed by atoms with Crippen molar-refractivity contribution in [3.05, 3.63) is 16.6 Å². The summed E-state index contributed by atoms with van der Waals surface area (Å²) >= 11 is 1.48. The zero-order valence-electron chi connectivity index (χ0n) is 6.45. The van der Waals surface area contributed by atoms with Crippen molar-refractivity contribution < 1.29 is 4.79 Å². The lowest BCUT2D eigenvalue weighted by Crippen LogP contribution is -2.23. The van der Waals surface area contributed by atoms with Crippen LogP contribution in [0.1, 0.15) is 5.69 Å². The van der Waals surface area contributed by atoms with Crippen LogP contribution in [0.3, 0.4) is 0 Å². The third-order valence-corrected chi connectivity index (χ3v) is 2.23. The Labute approximate surface area is 77.1 Å². The van der Waals surface area contributed by atoms with Crippen LogP contribution in [0.25, 0.3) is 0 Å². The standard InChI is InChI=1S/C7H9N2OS2/c1-12(2)9-7(10)3-6-4-11-5-8-6/h4-5H,1-3H2,(H,9,10)/q-1. The average molecular weight is 201 g/mol. The normalized spacial score (nSPS) is 10.1. The van der Waals surface area contributed by atoms with Crippen molar-refractivity contribution in [3.8, 4) is 0 Å². The van der Waals surface area contributed by atoms with E-state index < -0.39 is 10.3 Å². The van der Waals surface area contributed by atoms with Crippen molar-refractivity contribution in [1.82, 2.24) is 9.71 Å². The summed E-state index contributed by atoms with van der Waals surface area (Å²) in [4.78, 5) is 15.1. The zero-order chi connectivity index (χ0) is 8.97. The molecule has 0 unspecified atom stereocenters. The molecule has 0 spiro atoms. The van der Waals surface area contributed by atoms with E-state index >= 15 is 0 Å². The molecule has 0 bridgehead atoms. The Morgan fingerprint density at radius 1 is 1.75 bits per heavy atom. The number of amides is 1. The highest BCUT2D eigenvalue weighted by atomic mass is 32.2. The molecule has 3 nitrogen and oxygen atoms in total. The van der Waals surface area contributed by atoms with Crippen LogP contribution in [0.2, 0.25) is 0 Å². The molecule has 0 aromatic carbocycles. The molecule has 12 heavy (non-hydrogen) atoms. The van der Waals surface area contributed by atoms with Gasteiger partial charge in [-0.1, -0.05) is 0 Å². The maximum atomic E-state index is 11.1. The Morgan fingerprint density at radius 3 is 3.00 bits per heavy atom. The first-order chi connectivity index (χ1) is 5.68. The van der Waals surface area contributed by atoms with Gasteiger partial charge in [0.05, 0.1) is 17.6 Å². The van der Waals surface area contributed by atoms with E-state index in [1.807, 2.05) is 5.38 Å². The summed E-state index contributed by atoms with van der Waals surface area (Å²) in [5.41, 5.74) is 2.50. The van der Waals surface area contributed by atoms with Crippen molar-refractivity contribution in [2.45, 2.75) is 6.42 Å². The number of thiazole rings is 1. The van der Waals surface area contributed by atoms with Gasteiger partial charge in [0.1, 0.15) is 0 Å². The highest BCUT2D eigenvalue weighted by Gasteiger charge is 1.99. The van der Waals surface area contributed by atoms with E-state index in [9.17, 15) is 4.79 Å². The number of aromatic nitrogens is 1. The highest BCUT2D eigenvalue weighted by molar-refractivity contribution is 7.90. The largest absolute Gasteiger partial charge is 0.450 e. The fraction of sp³-hybridized carbons (Fsp3) is 0.143. The number of nitrogens with zero attached hydrogens (tertiary/aromatic N) is 1. The second-order valence-electron chi connectivity index (χ2n) is 2.17. The van der Waals surface area contributed by atoms with E-state index in [1.54, 1.807) is 5.51 Å². The maximum Gasteiger partial charge on any atom is 0.207 e. The van der Waals surface area contributed by atoms with Crippen LogP contribution in [-0.4, -0.2) is 22.6 Å². The van der Waals surface area contributed by atoms with Crippen LogP contribution in [0.5, 0.6) is 0 Å². The van der Waals surface area contributed by atoms with Gasteiger partial charge in [-0.15, -0.1) is 11.3 Å². The van der Waals surface area contributed by atoms with Crippen molar-refractivity contribution in [1.29, 1.82) is 0 Å². The van der Waals surface area contributed by atoms with Gasteiger partial charge in [0.2, 0.25) is 5.91 Å². The molecule has 0 aliphatic heterocycles. The fourth-order valence-electron chi connectivity index (χ4n) is 0.686. The number of hydrogen-bond donors (Lipinski definition) is 1.